The van der Waals surface area contributed by atoms with E-state index in [1.807, 2.05) is 6.08 Å². The molecular formula is C21H19F2N3O. The summed E-state index contributed by atoms with van der Waals surface area (Å²) in [6.07, 6.45) is 4.62. The molecule has 2 amide bonds. The summed E-state index contributed by atoms with van der Waals surface area (Å²) >= 11 is 0. The molecule has 2 aliphatic rings. The number of carbonyl (C=O) groups excluding carboxylic acids is 1. The zero-order chi connectivity index (χ0) is 19.0. The maximum atomic E-state index is 13.3. The summed E-state index contributed by atoms with van der Waals surface area (Å²) in [4.78, 5) is 12.0. The Hall–Kier alpha value is -3.02. The molecule has 138 valence electrons. The first-order valence-electron chi connectivity index (χ1n) is 8.92. The first-order valence-corrected chi connectivity index (χ1v) is 8.92. The van der Waals surface area contributed by atoms with Crippen LogP contribution in [0.15, 0.2) is 59.2 Å². The van der Waals surface area contributed by atoms with Crippen LogP contribution in [0.2, 0.25) is 0 Å². The third kappa shape index (κ3) is 3.35. The lowest BCUT2D eigenvalue weighted by molar-refractivity contribution is 0.183. The topological polar surface area (TPSA) is 58.7 Å². The van der Waals surface area contributed by atoms with Gasteiger partial charge in [0.2, 0.25) is 0 Å². The van der Waals surface area contributed by atoms with Crippen LogP contribution >= 0.6 is 0 Å². The molecule has 27 heavy (non-hydrogen) atoms. The maximum absolute atomic E-state index is 13.3. The van der Waals surface area contributed by atoms with Crippen molar-refractivity contribution in [2.45, 2.75) is 25.3 Å². The average molecular weight is 367 g/mol. The van der Waals surface area contributed by atoms with E-state index in [2.05, 4.69) is 5.10 Å². The first-order chi connectivity index (χ1) is 13.0. The molecule has 1 aliphatic carbocycles. The van der Waals surface area contributed by atoms with Crippen LogP contribution in [0.5, 0.6) is 0 Å². The van der Waals surface area contributed by atoms with Crippen LogP contribution in [-0.2, 0) is 0 Å². The molecule has 0 spiro atoms. The van der Waals surface area contributed by atoms with E-state index in [1.54, 1.807) is 24.3 Å². The van der Waals surface area contributed by atoms with Crippen molar-refractivity contribution in [3.63, 3.8) is 0 Å². The third-order valence-corrected chi connectivity index (χ3v) is 5.15. The van der Waals surface area contributed by atoms with E-state index >= 15 is 0 Å². The minimum Gasteiger partial charge on any atom is -0.350 e. The molecule has 2 aromatic rings. The number of benzene rings is 2. The molecule has 0 aromatic heterocycles. The number of nitrogens with two attached hydrogens (primary N) is 1. The zero-order valence-corrected chi connectivity index (χ0v) is 14.6. The fraction of sp³-hybridized carbons (Fsp3) is 0.238. The van der Waals surface area contributed by atoms with Crippen LogP contribution in [0, 0.1) is 17.6 Å². The van der Waals surface area contributed by atoms with E-state index in [1.165, 1.54) is 29.3 Å². The van der Waals surface area contributed by atoms with Crippen LogP contribution in [0.1, 0.15) is 36.4 Å². The number of allylic oxidation sites excluding steroid dienone is 1. The lowest BCUT2D eigenvalue weighted by Gasteiger charge is -2.28. The van der Waals surface area contributed by atoms with Gasteiger partial charge in [-0.25, -0.2) is 18.6 Å². The highest BCUT2D eigenvalue weighted by Gasteiger charge is 2.43. The van der Waals surface area contributed by atoms with Gasteiger partial charge in [-0.2, -0.15) is 5.10 Å². The summed E-state index contributed by atoms with van der Waals surface area (Å²) in [5.74, 6) is -0.611. The van der Waals surface area contributed by atoms with Crippen LogP contribution in [0.3, 0.4) is 0 Å². The Labute approximate surface area is 156 Å². The highest BCUT2D eigenvalue weighted by Crippen LogP contribution is 2.44. The van der Waals surface area contributed by atoms with Crippen molar-refractivity contribution in [3.8, 4) is 0 Å². The smallest absolute Gasteiger partial charge is 0.335 e. The van der Waals surface area contributed by atoms with Crippen LogP contribution in [0.25, 0.3) is 6.08 Å². The molecule has 0 unspecified atom stereocenters. The van der Waals surface area contributed by atoms with Crippen molar-refractivity contribution in [1.82, 2.24) is 5.01 Å². The van der Waals surface area contributed by atoms with E-state index in [4.69, 9.17) is 5.73 Å². The lowest BCUT2D eigenvalue weighted by Crippen LogP contribution is -2.35. The molecule has 0 radical (unpaired) electrons. The van der Waals surface area contributed by atoms with Gasteiger partial charge in [-0.1, -0.05) is 24.3 Å². The summed E-state index contributed by atoms with van der Waals surface area (Å²) in [6.45, 7) is 0. The van der Waals surface area contributed by atoms with Gasteiger partial charge in [-0.3, -0.25) is 0 Å². The Kier molecular flexibility index (Phi) is 4.48. The van der Waals surface area contributed by atoms with Crippen molar-refractivity contribution in [2.24, 2.45) is 16.8 Å². The second-order valence-electron chi connectivity index (χ2n) is 6.88. The largest absolute Gasteiger partial charge is 0.350 e. The van der Waals surface area contributed by atoms with E-state index < -0.39 is 6.03 Å². The number of hydrogen-bond donors (Lipinski definition) is 1. The fourth-order valence-corrected chi connectivity index (χ4v) is 3.94. The van der Waals surface area contributed by atoms with E-state index in [0.29, 0.717) is 0 Å². The number of hydrazone groups is 1. The molecule has 2 atom stereocenters. The van der Waals surface area contributed by atoms with Gasteiger partial charge in [0.25, 0.3) is 0 Å². The molecule has 0 saturated heterocycles. The van der Waals surface area contributed by atoms with Crippen molar-refractivity contribution < 1.29 is 13.6 Å². The quantitative estimate of drug-likeness (QED) is 0.826. The molecule has 1 saturated carbocycles. The van der Waals surface area contributed by atoms with Crippen LogP contribution in [-0.4, -0.2) is 16.8 Å². The predicted octanol–water partition coefficient (Wildman–Crippen LogP) is 4.64. The van der Waals surface area contributed by atoms with E-state index in [-0.39, 0.29) is 23.6 Å². The zero-order valence-electron chi connectivity index (χ0n) is 14.6. The SMILES string of the molecule is NC(=O)N1N=C2/C(=C/c3ccc(F)cc3)CCC[C@@H]2[C@@H]1c1ccc(F)cc1. The van der Waals surface area contributed by atoms with Gasteiger partial charge in [0.1, 0.15) is 11.6 Å². The Morgan fingerprint density at radius 1 is 1.07 bits per heavy atom. The molecule has 0 bridgehead atoms. The average Bonchev–Trinajstić information content (AvgIpc) is 3.05. The van der Waals surface area contributed by atoms with Gasteiger partial charge in [0.05, 0.1) is 11.8 Å². The summed E-state index contributed by atoms with van der Waals surface area (Å²) in [7, 11) is 0. The van der Waals surface area contributed by atoms with Gasteiger partial charge < -0.3 is 5.73 Å². The molecule has 2 aromatic carbocycles. The number of nitrogens with zero attached hydrogens (tertiary/aromatic N) is 2. The summed E-state index contributed by atoms with van der Waals surface area (Å²) in [5, 5.41) is 5.83. The number of carbonyl (C=O) groups is 1. The molecule has 4 rings (SSSR count). The molecule has 2 N–H and O–H groups in total. The van der Waals surface area contributed by atoms with Gasteiger partial charge in [0.15, 0.2) is 0 Å². The number of halogens is 2. The molecule has 4 nitrogen and oxygen atoms in total. The number of fused-ring (bicyclic) bond motifs is 1. The van der Waals surface area contributed by atoms with Gasteiger partial charge in [-0.05, 0) is 66.3 Å². The second kappa shape index (κ2) is 6.95. The molecular weight excluding hydrogens is 348 g/mol. The Morgan fingerprint density at radius 2 is 1.70 bits per heavy atom. The Balaban J connectivity index is 1.72. The molecule has 6 heteroatoms. The van der Waals surface area contributed by atoms with Gasteiger partial charge in [0, 0.05) is 5.92 Å². The van der Waals surface area contributed by atoms with E-state index in [9.17, 15) is 13.6 Å². The highest BCUT2D eigenvalue weighted by atomic mass is 19.1. The highest BCUT2D eigenvalue weighted by molar-refractivity contribution is 6.08. The van der Waals surface area contributed by atoms with Gasteiger partial charge in [-0.15, -0.1) is 0 Å². The summed E-state index contributed by atoms with van der Waals surface area (Å²) in [6, 6.07) is 11.4. The van der Waals surface area contributed by atoms with Crippen molar-refractivity contribution in [3.05, 3.63) is 76.9 Å². The number of primary amides is 1. The minimum atomic E-state index is -0.632. The van der Waals surface area contributed by atoms with Crippen molar-refractivity contribution >= 4 is 17.8 Å². The monoisotopic (exact) mass is 367 g/mol. The Morgan fingerprint density at radius 3 is 2.33 bits per heavy atom. The van der Waals surface area contributed by atoms with Crippen LogP contribution < -0.4 is 5.73 Å². The predicted molar refractivity (Wildman–Crippen MR) is 99.7 cm³/mol. The third-order valence-electron chi connectivity index (χ3n) is 5.15. The van der Waals surface area contributed by atoms with E-state index in [0.717, 1.165) is 41.7 Å². The number of amides is 2. The summed E-state index contributed by atoms with van der Waals surface area (Å²) in [5.41, 5.74) is 9.11. The maximum Gasteiger partial charge on any atom is 0.335 e. The molecule has 1 aliphatic heterocycles. The Bertz CT molecular complexity index is 919. The standard InChI is InChI=1S/C21H19F2N3O/c22-16-8-4-13(5-9-16)12-15-2-1-3-18-19(15)25-26(21(24)27)20(18)14-6-10-17(23)11-7-14/h4-12,18,20H,1-3H2,(H2,24,27)/b15-12+/t18-,20-/m0/s1. The second-order valence-corrected chi connectivity index (χ2v) is 6.88. The van der Waals surface area contributed by atoms with Crippen molar-refractivity contribution in [1.29, 1.82) is 0 Å². The van der Waals surface area contributed by atoms with Crippen LogP contribution in [0.4, 0.5) is 13.6 Å². The molecule has 1 fully saturated rings. The normalized spacial score (nSPS) is 23.3. The number of hydrogen-bond acceptors (Lipinski definition) is 2. The van der Waals surface area contributed by atoms with Gasteiger partial charge >= 0.3 is 6.03 Å². The number of urea groups is 1. The lowest BCUT2D eigenvalue weighted by atomic mass is 9.77. The molecule has 1 heterocycles. The fourth-order valence-electron chi connectivity index (χ4n) is 3.94. The minimum absolute atomic E-state index is 0.00316. The first kappa shape index (κ1) is 17.4. The van der Waals surface area contributed by atoms with Crippen molar-refractivity contribution in [2.75, 3.05) is 0 Å². The summed E-state index contributed by atoms with van der Waals surface area (Å²) < 4.78 is 26.5. The number of rotatable bonds is 2.